The van der Waals surface area contributed by atoms with Gasteiger partial charge in [-0.3, -0.25) is 9.59 Å². The van der Waals surface area contributed by atoms with Crippen LogP contribution in [-0.2, 0) is 19.1 Å². The molecule has 2 aliphatic heterocycles. The predicted octanol–water partition coefficient (Wildman–Crippen LogP) is 2.91. The van der Waals surface area contributed by atoms with Crippen molar-refractivity contribution >= 4 is 18.0 Å². The van der Waals surface area contributed by atoms with Crippen LogP contribution in [0.15, 0.2) is 48.5 Å². The number of alkyl carbamates (subject to hydrolysis) is 1. The van der Waals surface area contributed by atoms with Crippen LogP contribution in [0.1, 0.15) is 36.3 Å². The summed E-state index contributed by atoms with van der Waals surface area (Å²) in [6.07, 6.45) is 1.31. The first-order valence-corrected chi connectivity index (χ1v) is 12.3. The molecule has 2 amide bonds. The highest BCUT2D eigenvalue weighted by atomic mass is 16.5. The highest BCUT2D eigenvalue weighted by Crippen LogP contribution is 2.60. The van der Waals surface area contributed by atoms with Gasteiger partial charge in [0.2, 0.25) is 5.91 Å². The maximum absolute atomic E-state index is 12.8. The fourth-order valence-corrected chi connectivity index (χ4v) is 6.29. The molecule has 1 saturated carbocycles. The lowest BCUT2D eigenvalue weighted by atomic mass is 9.89. The summed E-state index contributed by atoms with van der Waals surface area (Å²) in [4.78, 5) is 36.7. The Morgan fingerprint density at radius 2 is 1.69 bits per heavy atom. The smallest absolute Gasteiger partial charge is 0.407 e. The van der Waals surface area contributed by atoms with E-state index in [1.165, 1.54) is 6.42 Å². The molecule has 3 fully saturated rings. The number of fused-ring (bicyclic) bond motifs is 8. The second kappa shape index (κ2) is 8.68. The summed E-state index contributed by atoms with van der Waals surface area (Å²) in [5.41, 5.74) is 4.38. The van der Waals surface area contributed by atoms with Crippen molar-refractivity contribution < 1.29 is 29.0 Å². The Bertz CT molecular complexity index is 1140. The van der Waals surface area contributed by atoms with Crippen LogP contribution in [0.4, 0.5) is 4.79 Å². The Labute approximate surface area is 203 Å². The summed E-state index contributed by atoms with van der Waals surface area (Å²) in [5.74, 6) is -0.257. The van der Waals surface area contributed by atoms with E-state index in [1.54, 1.807) is 0 Å². The lowest BCUT2D eigenvalue weighted by molar-refractivity contribution is -0.139. The summed E-state index contributed by atoms with van der Waals surface area (Å²) in [6.45, 7) is 0.512. The minimum Gasteiger partial charge on any atom is -0.481 e. The summed E-state index contributed by atoms with van der Waals surface area (Å²) in [7, 11) is 0. The van der Waals surface area contributed by atoms with Crippen LogP contribution in [0.25, 0.3) is 11.1 Å². The standard InChI is InChI=1S/C27H28N2O6/c30-24(31)11-22(26(32)28-12-14-9-23-19-10-20(19)25(14)35-23)29-27(33)34-13-21-17-7-3-1-5-15(17)16-6-2-4-8-18(16)21/h1-8,14,19-23,25H,9-13H2,(H,28,32)(H,29,33)(H,30,31)/t14?,19-,20+,22?,23+,25-/m1/s1. The van der Waals surface area contributed by atoms with Gasteiger partial charge < -0.3 is 25.2 Å². The zero-order valence-electron chi connectivity index (χ0n) is 19.2. The van der Waals surface area contributed by atoms with Gasteiger partial charge in [0.15, 0.2) is 0 Å². The molecule has 0 aromatic heterocycles. The van der Waals surface area contributed by atoms with E-state index < -0.39 is 30.4 Å². The van der Waals surface area contributed by atoms with E-state index in [0.717, 1.165) is 28.7 Å². The summed E-state index contributed by atoms with van der Waals surface area (Å²) in [5, 5.41) is 14.6. The molecule has 8 nitrogen and oxygen atoms in total. The molecule has 6 rings (SSSR count). The van der Waals surface area contributed by atoms with Crippen molar-refractivity contribution in [3.05, 3.63) is 59.7 Å². The fraction of sp³-hybridized carbons (Fsp3) is 0.444. The predicted molar refractivity (Wildman–Crippen MR) is 126 cm³/mol. The van der Waals surface area contributed by atoms with E-state index in [0.29, 0.717) is 24.5 Å². The summed E-state index contributed by atoms with van der Waals surface area (Å²) < 4.78 is 11.5. The maximum Gasteiger partial charge on any atom is 0.407 e. The van der Waals surface area contributed by atoms with Crippen molar-refractivity contribution in [2.45, 2.75) is 43.4 Å². The highest BCUT2D eigenvalue weighted by Gasteiger charge is 2.62. The number of carboxylic acids is 1. The van der Waals surface area contributed by atoms with Crippen LogP contribution in [0.2, 0.25) is 0 Å². The quantitative estimate of drug-likeness (QED) is 0.540. The molecular weight excluding hydrogens is 448 g/mol. The van der Waals surface area contributed by atoms with Crippen LogP contribution >= 0.6 is 0 Å². The lowest BCUT2D eigenvalue weighted by Crippen LogP contribution is -2.49. The third-order valence-electron chi connectivity index (χ3n) is 7.99. The number of rotatable bonds is 8. The number of hydrogen-bond acceptors (Lipinski definition) is 5. The van der Waals surface area contributed by atoms with Gasteiger partial charge in [0.25, 0.3) is 0 Å². The van der Waals surface area contributed by atoms with Gasteiger partial charge in [-0.05, 0) is 46.9 Å². The van der Waals surface area contributed by atoms with E-state index >= 15 is 0 Å². The van der Waals surface area contributed by atoms with E-state index in [9.17, 15) is 19.5 Å². The van der Waals surface area contributed by atoms with Gasteiger partial charge in [-0.1, -0.05) is 48.5 Å². The molecule has 8 heteroatoms. The Hall–Kier alpha value is -3.39. The van der Waals surface area contributed by atoms with Gasteiger partial charge in [0.05, 0.1) is 18.6 Å². The van der Waals surface area contributed by atoms with Crippen LogP contribution in [0.3, 0.4) is 0 Å². The molecule has 35 heavy (non-hydrogen) atoms. The van der Waals surface area contributed by atoms with Gasteiger partial charge in [-0.25, -0.2) is 4.79 Å². The molecule has 2 aromatic rings. The molecule has 2 heterocycles. The van der Waals surface area contributed by atoms with Crippen LogP contribution < -0.4 is 10.6 Å². The maximum atomic E-state index is 12.8. The second-order valence-corrected chi connectivity index (χ2v) is 10.1. The number of ether oxygens (including phenoxy) is 2. The number of amides is 2. The monoisotopic (exact) mass is 476 g/mol. The van der Waals surface area contributed by atoms with Gasteiger partial charge in [0, 0.05) is 18.4 Å². The van der Waals surface area contributed by atoms with E-state index in [1.807, 2.05) is 48.5 Å². The summed E-state index contributed by atoms with van der Waals surface area (Å²) in [6, 6.07) is 14.8. The average Bonchev–Trinajstić information content (AvgIpc) is 3.32. The number of nitrogens with one attached hydrogen (secondary N) is 2. The second-order valence-electron chi connectivity index (χ2n) is 10.1. The van der Waals surface area contributed by atoms with Crippen molar-refractivity contribution in [1.29, 1.82) is 0 Å². The SMILES string of the molecule is O=C(O)CC(NC(=O)OCC1c2ccccc2-c2ccccc21)C(=O)NCC1C[C@@H]2O[C@H]1[C@H]1C[C@H]12. The molecule has 0 spiro atoms. The Morgan fingerprint density at radius 3 is 2.31 bits per heavy atom. The number of carboxylic acid groups (broad SMARTS) is 1. The number of aliphatic carboxylic acids is 1. The van der Waals surface area contributed by atoms with Gasteiger partial charge in [-0.15, -0.1) is 0 Å². The van der Waals surface area contributed by atoms with Crippen molar-refractivity contribution in [2.24, 2.45) is 17.8 Å². The number of benzene rings is 2. The van der Waals surface area contributed by atoms with Crippen molar-refractivity contribution in [3.63, 3.8) is 0 Å². The zero-order valence-corrected chi connectivity index (χ0v) is 19.2. The average molecular weight is 477 g/mol. The van der Waals surface area contributed by atoms with Crippen molar-refractivity contribution in [2.75, 3.05) is 13.2 Å². The number of carbonyl (C=O) groups is 3. The molecule has 182 valence electrons. The third-order valence-corrected chi connectivity index (χ3v) is 7.99. The minimum atomic E-state index is -1.21. The largest absolute Gasteiger partial charge is 0.481 e. The topological polar surface area (TPSA) is 114 Å². The zero-order chi connectivity index (χ0) is 24.1. The molecule has 4 aliphatic rings. The van der Waals surface area contributed by atoms with Gasteiger partial charge >= 0.3 is 12.1 Å². The molecule has 6 atom stereocenters. The van der Waals surface area contributed by atoms with Gasteiger partial charge in [0.1, 0.15) is 12.6 Å². The summed E-state index contributed by atoms with van der Waals surface area (Å²) >= 11 is 0. The van der Waals surface area contributed by atoms with E-state index in [4.69, 9.17) is 9.47 Å². The molecule has 3 N–H and O–H groups in total. The minimum absolute atomic E-state index is 0.0896. The molecule has 2 saturated heterocycles. The normalized spacial score (nSPS) is 27.9. The van der Waals surface area contributed by atoms with E-state index in [-0.39, 0.29) is 24.5 Å². The van der Waals surface area contributed by atoms with Crippen LogP contribution in [-0.4, -0.2) is 54.5 Å². The van der Waals surface area contributed by atoms with Crippen LogP contribution in [0.5, 0.6) is 0 Å². The first kappa shape index (κ1) is 22.1. The molecule has 2 unspecified atom stereocenters. The Kier molecular flexibility index (Phi) is 5.48. The fourth-order valence-electron chi connectivity index (χ4n) is 6.29. The number of carbonyl (C=O) groups excluding carboxylic acids is 2. The molecule has 2 bridgehead atoms. The molecule has 2 aliphatic carbocycles. The van der Waals surface area contributed by atoms with E-state index in [2.05, 4.69) is 10.6 Å². The highest BCUT2D eigenvalue weighted by molar-refractivity contribution is 5.89. The van der Waals surface area contributed by atoms with Crippen molar-refractivity contribution in [3.8, 4) is 11.1 Å². The Balaban J connectivity index is 1.06. The third kappa shape index (κ3) is 4.05. The molecule has 2 aromatic carbocycles. The molecule has 0 radical (unpaired) electrons. The number of hydrogen-bond donors (Lipinski definition) is 3. The first-order valence-electron chi connectivity index (χ1n) is 12.3. The lowest BCUT2D eigenvalue weighted by Gasteiger charge is -2.22. The van der Waals surface area contributed by atoms with Gasteiger partial charge in [-0.2, -0.15) is 0 Å². The molecular formula is C27H28N2O6. The van der Waals surface area contributed by atoms with Crippen LogP contribution in [0, 0.1) is 17.8 Å². The Morgan fingerprint density at radius 1 is 1.00 bits per heavy atom. The van der Waals surface area contributed by atoms with Crippen molar-refractivity contribution in [1.82, 2.24) is 10.6 Å². The first-order chi connectivity index (χ1) is 17.0.